The van der Waals surface area contributed by atoms with Crippen LogP contribution in [0.25, 0.3) is 10.9 Å². The average molecular weight is 365 g/mol. The lowest BCUT2D eigenvalue weighted by molar-refractivity contribution is 0.160. The van der Waals surface area contributed by atoms with Crippen molar-refractivity contribution in [2.45, 2.75) is 51.7 Å². The molecular formula is C23H27NO3. The van der Waals surface area contributed by atoms with Crippen LogP contribution >= 0.6 is 0 Å². The van der Waals surface area contributed by atoms with Gasteiger partial charge < -0.3 is 14.8 Å². The number of hydrogen-bond donors (Lipinski definition) is 2. The van der Waals surface area contributed by atoms with Gasteiger partial charge in [0.15, 0.2) is 0 Å². The van der Waals surface area contributed by atoms with E-state index in [9.17, 15) is 9.90 Å². The van der Waals surface area contributed by atoms with Crippen LogP contribution in [-0.2, 0) is 6.61 Å². The molecule has 1 heterocycles. The fourth-order valence-corrected chi connectivity index (χ4v) is 3.34. The van der Waals surface area contributed by atoms with Crippen molar-refractivity contribution in [2.24, 2.45) is 0 Å². The SMILES string of the molecule is CCCCCCC(O)c1ccccc1COc1cccc2ccc(=O)[nH]c12. The van der Waals surface area contributed by atoms with Gasteiger partial charge in [0, 0.05) is 11.5 Å². The Kier molecular flexibility index (Phi) is 6.66. The lowest BCUT2D eigenvalue weighted by Crippen LogP contribution is -2.07. The van der Waals surface area contributed by atoms with Crippen LogP contribution < -0.4 is 10.3 Å². The predicted octanol–water partition coefficient (Wildman–Crippen LogP) is 5.11. The molecule has 3 aromatic rings. The monoisotopic (exact) mass is 365 g/mol. The van der Waals surface area contributed by atoms with Crippen LogP contribution in [0.2, 0.25) is 0 Å². The molecule has 3 rings (SSSR count). The van der Waals surface area contributed by atoms with Crippen LogP contribution in [0, 0.1) is 0 Å². The Hall–Kier alpha value is -2.59. The zero-order chi connectivity index (χ0) is 19.1. The van der Waals surface area contributed by atoms with E-state index in [1.54, 1.807) is 6.07 Å². The van der Waals surface area contributed by atoms with Gasteiger partial charge in [-0.25, -0.2) is 0 Å². The first-order chi connectivity index (χ1) is 13.2. The number of aromatic nitrogens is 1. The maximum absolute atomic E-state index is 11.7. The van der Waals surface area contributed by atoms with Crippen LogP contribution in [0.4, 0.5) is 0 Å². The van der Waals surface area contributed by atoms with Gasteiger partial charge in [0.1, 0.15) is 12.4 Å². The number of aromatic amines is 1. The van der Waals surface area contributed by atoms with Gasteiger partial charge in [-0.1, -0.05) is 69.0 Å². The van der Waals surface area contributed by atoms with E-state index in [0.29, 0.717) is 17.9 Å². The smallest absolute Gasteiger partial charge is 0.248 e. The molecule has 0 spiro atoms. The average Bonchev–Trinajstić information content (AvgIpc) is 2.69. The zero-order valence-corrected chi connectivity index (χ0v) is 15.8. The van der Waals surface area contributed by atoms with Gasteiger partial charge in [-0.05, 0) is 29.7 Å². The molecule has 0 aliphatic carbocycles. The zero-order valence-electron chi connectivity index (χ0n) is 15.8. The number of para-hydroxylation sites is 1. The topological polar surface area (TPSA) is 62.3 Å². The van der Waals surface area contributed by atoms with Gasteiger partial charge in [-0.2, -0.15) is 0 Å². The van der Waals surface area contributed by atoms with E-state index in [-0.39, 0.29) is 5.56 Å². The summed E-state index contributed by atoms with van der Waals surface area (Å²) in [6.45, 7) is 2.53. The third-order valence-corrected chi connectivity index (χ3v) is 4.85. The second-order valence-corrected chi connectivity index (χ2v) is 6.90. The van der Waals surface area contributed by atoms with Crippen LogP contribution in [0.1, 0.15) is 56.3 Å². The molecule has 2 aromatic carbocycles. The fourth-order valence-electron chi connectivity index (χ4n) is 3.34. The van der Waals surface area contributed by atoms with Crippen LogP contribution in [0.3, 0.4) is 0 Å². The van der Waals surface area contributed by atoms with E-state index in [0.717, 1.165) is 35.8 Å². The highest BCUT2D eigenvalue weighted by atomic mass is 16.5. The summed E-state index contributed by atoms with van der Waals surface area (Å²) in [5.74, 6) is 0.637. The number of H-pyrrole nitrogens is 1. The molecule has 1 atom stereocenters. The molecule has 1 unspecified atom stereocenters. The van der Waals surface area contributed by atoms with Crippen molar-refractivity contribution in [3.63, 3.8) is 0 Å². The van der Waals surface area contributed by atoms with Gasteiger partial charge in [0.25, 0.3) is 0 Å². The molecule has 142 valence electrons. The molecule has 0 aliphatic heterocycles. The molecule has 4 heteroatoms. The molecule has 27 heavy (non-hydrogen) atoms. The molecule has 0 bridgehead atoms. The molecule has 0 saturated heterocycles. The lowest BCUT2D eigenvalue weighted by atomic mass is 9.98. The molecule has 2 N–H and O–H groups in total. The molecule has 0 radical (unpaired) electrons. The maximum atomic E-state index is 11.7. The summed E-state index contributed by atoms with van der Waals surface area (Å²) in [6, 6.07) is 16.8. The third kappa shape index (κ3) is 4.98. The number of unbranched alkanes of at least 4 members (excludes halogenated alkanes) is 3. The molecule has 0 amide bonds. The second kappa shape index (κ2) is 9.38. The number of aliphatic hydroxyl groups is 1. The Bertz CT molecular complexity index is 932. The van der Waals surface area contributed by atoms with Crippen LogP contribution in [-0.4, -0.2) is 10.1 Å². The number of rotatable bonds is 9. The van der Waals surface area contributed by atoms with Crippen molar-refractivity contribution >= 4 is 10.9 Å². The van der Waals surface area contributed by atoms with E-state index in [1.807, 2.05) is 42.5 Å². The minimum atomic E-state index is -0.478. The molecule has 0 fully saturated rings. The van der Waals surface area contributed by atoms with E-state index in [4.69, 9.17) is 4.74 Å². The second-order valence-electron chi connectivity index (χ2n) is 6.90. The molecule has 1 aromatic heterocycles. The summed E-state index contributed by atoms with van der Waals surface area (Å²) >= 11 is 0. The van der Waals surface area contributed by atoms with Crippen molar-refractivity contribution in [3.8, 4) is 5.75 Å². The van der Waals surface area contributed by atoms with E-state index < -0.39 is 6.10 Å². The first kappa shape index (κ1) is 19.2. The highest BCUT2D eigenvalue weighted by molar-refractivity contribution is 5.84. The van der Waals surface area contributed by atoms with Gasteiger partial charge >= 0.3 is 0 Å². The van der Waals surface area contributed by atoms with E-state index in [1.165, 1.54) is 18.9 Å². The van der Waals surface area contributed by atoms with Gasteiger partial charge in [-0.15, -0.1) is 0 Å². The van der Waals surface area contributed by atoms with Crippen molar-refractivity contribution < 1.29 is 9.84 Å². The van der Waals surface area contributed by atoms with Crippen LogP contribution in [0.5, 0.6) is 5.75 Å². The normalized spacial score (nSPS) is 12.2. The summed E-state index contributed by atoms with van der Waals surface area (Å²) < 4.78 is 6.01. The lowest BCUT2D eigenvalue weighted by Gasteiger charge is -2.16. The maximum Gasteiger partial charge on any atom is 0.248 e. The number of benzene rings is 2. The summed E-state index contributed by atoms with van der Waals surface area (Å²) in [7, 11) is 0. The number of nitrogens with one attached hydrogen (secondary N) is 1. The standard InChI is InChI=1S/C23H27NO3/c1-2-3-4-5-12-20(25)19-11-7-6-9-18(19)16-27-21-13-8-10-17-14-15-22(26)24-23(17)21/h6-11,13-15,20,25H,2-5,12,16H2,1H3,(H,24,26). The van der Waals surface area contributed by atoms with Crippen molar-refractivity contribution in [1.82, 2.24) is 4.98 Å². The van der Waals surface area contributed by atoms with Gasteiger partial charge in [0.2, 0.25) is 5.56 Å². The van der Waals surface area contributed by atoms with Crippen molar-refractivity contribution in [1.29, 1.82) is 0 Å². The molecule has 4 nitrogen and oxygen atoms in total. The summed E-state index contributed by atoms with van der Waals surface area (Å²) in [4.78, 5) is 14.5. The first-order valence-electron chi connectivity index (χ1n) is 9.69. The number of aliphatic hydroxyl groups excluding tert-OH is 1. The minimum Gasteiger partial charge on any atom is -0.487 e. The number of hydrogen-bond acceptors (Lipinski definition) is 3. The van der Waals surface area contributed by atoms with Crippen molar-refractivity contribution in [2.75, 3.05) is 0 Å². The minimum absolute atomic E-state index is 0.151. The number of fused-ring (bicyclic) bond motifs is 1. The number of pyridine rings is 1. The van der Waals surface area contributed by atoms with Crippen LogP contribution in [0.15, 0.2) is 59.4 Å². The highest BCUT2D eigenvalue weighted by Gasteiger charge is 2.13. The fraction of sp³-hybridized carbons (Fsp3) is 0.348. The Morgan fingerprint density at radius 3 is 2.70 bits per heavy atom. The van der Waals surface area contributed by atoms with E-state index >= 15 is 0 Å². The van der Waals surface area contributed by atoms with E-state index in [2.05, 4.69) is 11.9 Å². The highest BCUT2D eigenvalue weighted by Crippen LogP contribution is 2.27. The first-order valence-corrected chi connectivity index (χ1v) is 9.69. The van der Waals surface area contributed by atoms with Gasteiger partial charge in [0.05, 0.1) is 11.6 Å². The third-order valence-electron chi connectivity index (χ3n) is 4.85. The molecule has 0 saturated carbocycles. The Balaban J connectivity index is 1.73. The Morgan fingerprint density at radius 2 is 1.85 bits per heavy atom. The quantitative estimate of drug-likeness (QED) is 0.518. The van der Waals surface area contributed by atoms with Crippen molar-refractivity contribution in [3.05, 3.63) is 76.1 Å². The Labute approximate surface area is 159 Å². The van der Waals surface area contributed by atoms with Gasteiger partial charge in [-0.3, -0.25) is 4.79 Å². The predicted molar refractivity (Wildman–Crippen MR) is 109 cm³/mol. The Morgan fingerprint density at radius 1 is 1.00 bits per heavy atom. The summed E-state index contributed by atoms with van der Waals surface area (Å²) in [5, 5.41) is 11.5. The summed E-state index contributed by atoms with van der Waals surface area (Å²) in [5.41, 5.74) is 2.43. The largest absolute Gasteiger partial charge is 0.487 e. The summed E-state index contributed by atoms with van der Waals surface area (Å²) in [6.07, 6.45) is 4.85. The number of ether oxygens (including phenoxy) is 1. The molecule has 0 aliphatic rings. The molecular weight excluding hydrogens is 338 g/mol.